The highest BCUT2D eigenvalue weighted by Gasteiger charge is 2.17. The average molecular weight is 652 g/mol. The number of nitrogens with zero attached hydrogens (tertiary/aromatic N) is 3. The van der Waals surface area contributed by atoms with Gasteiger partial charge in [-0.15, -0.1) is 0 Å². The largest absolute Gasteiger partial charge is 0.487 e. The molecular formula is C35H28Cl2N6O3. The third-order valence-corrected chi connectivity index (χ3v) is 8.01. The third kappa shape index (κ3) is 7.38. The number of benzene rings is 3. The molecule has 5 aromatic rings. The molecule has 0 radical (unpaired) electrons. The SMILES string of the molecule is N#Cc1cnc2cc(Oc3ccncc3)c(NC(=O)C=C3CCNCC3)cc2c1Nc1ccc(OCc2ccccc2Cl)c(Cl)c1. The van der Waals surface area contributed by atoms with Gasteiger partial charge in [0.2, 0.25) is 5.91 Å². The molecule has 2 aromatic heterocycles. The minimum atomic E-state index is -0.270. The number of aromatic nitrogens is 2. The maximum atomic E-state index is 13.2. The van der Waals surface area contributed by atoms with Crippen LogP contribution in [0.1, 0.15) is 24.0 Å². The Hall–Kier alpha value is -5.14. The van der Waals surface area contributed by atoms with Crippen LogP contribution in [-0.2, 0) is 11.4 Å². The lowest BCUT2D eigenvalue weighted by Gasteiger charge is -2.17. The molecule has 0 bridgehead atoms. The molecule has 9 nitrogen and oxygen atoms in total. The van der Waals surface area contributed by atoms with E-state index in [-0.39, 0.29) is 12.5 Å². The first-order chi connectivity index (χ1) is 22.5. The van der Waals surface area contributed by atoms with Crippen LogP contribution < -0.4 is 25.4 Å². The van der Waals surface area contributed by atoms with Gasteiger partial charge in [-0.25, -0.2) is 0 Å². The molecule has 1 saturated heterocycles. The maximum absolute atomic E-state index is 13.2. The van der Waals surface area contributed by atoms with Crippen LogP contribution in [-0.4, -0.2) is 29.0 Å². The molecule has 230 valence electrons. The molecule has 3 aromatic carbocycles. The van der Waals surface area contributed by atoms with Gasteiger partial charge in [-0.1, -0.05) is 47.0 Å². The summed E-state index contributed by atoms with van der Waals surface area (Å²) < 4.78 is 12.1. The van der Waals surface area contributed by atoms with Gasteiger partial charge >= 0.3 is 0 Å². The number of hydrogen-bond donors (Lipinski definition) is 3. The number of fused-ring (bicyclic) bond motifs is 1. The number of nitriles is 1. The Bertz CT molecular complexity index is 1970. The van der Waals surface area contributed by atoms with Gasteiger partial charge in [0, 0.05) is 52.4 Å². The summed E-state index contributed by atoms with van der Waals surface area (Å²) in [4.78, 5) is 21.7. The predicted molar refractivity (Wildman–Crippen MR) is 180 cm³/mol. The van der Waals surface area contributed by atoms with Gasteiger partial charge in [0.05, 0.1) is 27.5 Å². The molecule has 0 saturated carbocycles. The molecule has 0 unspecified atom stereocenters. The van der Waals surface area contributed by atoms with E-state index in [1.165, 1.54) is 6.20 Å². The lowest BCUT2D eigenvalue weighted by atomic mass is 10.0. The summed E-state index contributed by atoms with van der Waals surface area (Å²) in [5.41, 5.74) is 4.30. The van der Waals surface area contributed by atoms with Crippen molar-refractivity contribution in [2.24, 2.45) is 0 Å². The second kappa shape index (κ2) is 14.3. The van der Waals surface area contributed by atoms with E-state index in [4.69, 9.17) is 32.7 Å². The van der Waals surface area contributed by atoms with Crippen molar-refractivity contribution < 1.29 is 14.3 Å². The molecule has 3 heterocycles. The van der Waals surface area contributed by atoms with E-state index < -0.39 is 0 Å². The fourth-order valence-corrected chi connectivity index (χ4v) is 5.44. The second-order valence-electron chi connectivity index (χ2n) is 10.5. The highest BCUT2D eigenvalue weighted by atomic mass is 35.5. The number of amides is 1. The first-order valence-electron chi connectivity index (χ1n) is 14.6. The summed E-state index contributed by atoms with van der Waals surface area (Å²) in [5.74, 6) is 1.15. The van der Waals surface area contributed by atoms with E-state index in [2.05, 4.69) is 32.0 Å². The summed E-state index contributed by atoms with van der Waals surface area (Å²) in [7, 11) is 0. The fourth-order valence-electron chi connectivity index (χ4n) is 5.01. The van der Waals surface area contributed by atoms with Crippen molar-refractivity contribution in [3.05, 3.63) is 118 Å². The van der Waals surface area contributed by atoms with Gasteiger partial charge in [-0.2, -0.15) is 5.26 Å². The summed E-state index contributed by atoms with van der Waals surface area (Å²) in [6.45, 7) is 1.93. The third-order valence-electron chi connectivity index (χ3n) is 7.35. The Morgan fingerprint density at radius 3 is 2.57 bits per heavy atom. The van der Waals surface area contributed by atoms with Crippen LogP contribution in [0.25, 0.3) is 10.9 Å². The Balaban J connectivity index is 1.33. The number of rotatable bonds is 9. The van der Waals surface area contributed by atoms with E-state index in [0.29, 0.717) is 60.8 Å². The molecule has 3 N–H and O–H groups in total. The minimum Gasteiger partial charge on any atom is -0.487 e. The van der Waals surface area contributed by atoms with E-state index in [1.54, 1.807) is 67.0 Å². The summed E-state index contributed by atoms with van der Waals surface area (Å²) >= 11 is 12.9. The van der Waals surface area contributed by atoms with Gasteiger partial charge in [0.15, 0.2) is 5.75 Å². The summed E-state index contributed by atoms with van der Waals surface area (Å²) in [6, 6.07) is 21.8. The highest BCUT2D eigenvalue weighted by Crippen LogP contribution is 2.39. The summed E-state index contributed by atoms with van der Waals surface area (Å²) in [5, 5.41) is 21.2. The van der Waals surface area contributed by atoms with E-state index in [1.807, 2.05) is 18.2 Å². The Morgan fingerprint density at radius 2 is 1.80 bits per heavy atom. The number of hydrogen-bond acceptors (Lipinski definition) is 8. The fraction of sp³-hybridized carbons (Fsp3) is 0.143. The normalized spacial score (nSPS) is 12.7. The minimum absolute atomic E-state index is 0.256. The molecule has 1 aliphatic rings. The Morgan fingerprint density at radius 1 is 1.00 bits per heavy atom. The Kier molecular flexibility index (Phi) is 9.60. The van der Waals surface area contributed by atoms with Gasteiger partial charge in [0.25, 0.3) is 0 Å². The molecule has 1 fully saturated rings. The first-order valence-corrected chi connectivity index (χ1v) is 15.3. The van der Waals surface area contributed by atoms with Crippen LogP contribution in [0, 0.1) is 11.3 Å². The Labute approximate surface area is 275 Å². The van der Waals surface area contributed by atoms with Crippen molar-refractivity contribution in [3.8, 4) is 23.3 Å². The number of nitrogens with one attached hydrogen (secondary N) is 3. The number of anilines is 3. The average Bonchev–Trinajstić information content (AvgIpc) is 3.06. The molecule has 1 amide bonds. The first kappa shape index (κ1) is 30.9. The van der Waals surface area contributed by atoms with E-state index in [9.17, 15) is 10.1 Å². The maximum Gasteiger partial charge on any atom is 0.248 e. The number of carbonyl (C=O) groups excluding carboxylic acids is 1. The molecule has 0 aliphatic carbocycles. The van der Waals surface area contributed by atoms with Crippen LogP contribution in [0.15, 0.2) is 97.0 Å². The lowest BCUT2D eigenvalue weighted by molar-refractivity contribution is -0.112. The van der Waals surface area contributed by atoms with Crippen LogP contribution in [0.3, 0.4) is 0 Å². The van der Waals surface area contributed by atoms with Crippen LogP contribution in [0.2, 0.25) is 10.0 Å². The monoisotopic (exact) mass is 650 g/mol. The van der Waals surface area contributed by atoms with E-state index in [0.717, 1.165) is 37.1 Å². The predicted octanol–water partition coefficient (Wildman–Crippen LogP) is 8.17. The molecule has 11 heteroatoms. The quantitative estimate of drug-likeness (QED) is 0.137. The number of carbonyl (C=O) groups is 1. The second-order valence-corrected chi connectivity index (χ2v) is 11.3. The number of ether oxygens (including phenoxy) is 2. The highest BCUT2D eigenvalue weighted by molar-refractivity contribution is 6.32. The summed E-state index contributed by atoms with van der Waals surface area (Å²) in [6.07, 6.45) is 7.98. The van der Waals surface area contributed by atoms with E-state index >= 15 is 0 Å². The van der Waals surface area contributed by atoms with Crippen LogP contribution in [0.5, 0.6) is 17.2 Å². The van der Waals surface area contributed by atoms with Gasteiger partial charge < -0.3 is 25.4 Å². The van der Waals surface area contributed by atoms with Gasteiger partial charge in [-0.05, 0) is 68.4 Å². The zero-order chi connectivity index (χ0) is 31.9. The zero-order valence-electron chi connectivity index (χ0n) is 24.5. The molecule has 46 heavy (non-hydrogen) atoms. The van der Waals surface area contributed by atoms with Crippen molar-refractivity contribution >= 4 is 57.1 Å². The molecular weight excluding hydrogens is 623 g/mol. The topological polar surface area (TPSA) is 121 Å². The number of piperidine rings is 1. The van der Waals surface area contributed by atoms with Gasteiger partial charge in [0.1, 0.15) is 24.2 Å². The molecule has 6 rings (SSSR count). The van der Waals surface area contributed by atoms with Crippen molar-refractivity contribution in [2.75, 3.05) is 23.7 Å². The molecule has 0 spiro atoms. The zero-order valence-corrected chi connectivity index (χ0v) is 26.0. The molecule has 1 aliphatic heterocycles. The van der Waals surface area contributed by atoms with Crippen molar-refractivity contribution in [1.29, 1.82) is 5.26 Å². The van der Waals surface area contributed by atoms with Gasteiger partial charge in [-0.3, -0.25) is 14.8 Å². The van der Waals surface area contributed by atoms with Crippen molar-refractivity contribution in [3.63, 3.8) is 0 Å². The lowest BCUT2D eigenvalue weighted by Crippen LogP contribution is -2.24. The van der Waals surface area contributed by atoms with Crippen molar-refractivity contribution in [1.82, 2.24) is 15.3 Å². The van der Waals surface area contributed by atoms with Crippen LogP contribution >= 0.6 is 23.2 Å². The standard InChI is InChI=1S/C35H28Cl2N6O3/c36-28-4-2-1-3-23(28)21-45-32-6-5-25(16-29(32)37)42-35-24(19-38)20-41-30-18-33(46-26-9-13-40-14-10-26)31(17-27(30)35)43-34(44)15-22-7-11-39-12-8-22/h1-6,9-10,13-18,20,39H,7-8,11-12,21H2,(H,41,42)(H,43,44). The molecule has 0 atom stereocenters. The smallest absolute Gasteiger partial charge is 0.248 e. The van der Waals surface area contributed by atoms with Crippen molar-refractivity contribution in [2.45, 2.75) is 19.4 Å². The number of pyridine rings is 2. The van der Waals surface area contributed by atoms with Crippen LogP contribution in [0.4, 0.5) is 17.1 Å². The number of halogens is 2.